The van der Waals surface area contributed by atoms with Crippen LogP contribution in [0.3, 0.4) is 0 Å². The summed E-state index contributed by atoms with van der Waals surface area (Å²) in [4.78, 5) is 1.63. The molecule has 1 unspecified atom stereocenters. The summed E-state index contributed by atoms with van der Waals surface area (Å²) in [6, 6.07) is 0. The summed E-state index contributed by atoms with van der Waals surface area (Å²) in [5.41, 5.74) is 0. The van der Waals surface area contributed by atoms with Crippen molar-refractivity contribution in [3.05, 3.63) is 0 Å². The number of nitrogens with zero attached hydrogens (tertiary/aromatic N) is 1. The van der Waals surface area contributed by atoms with E-state index in [1.54, 1.807) is 19.0 Å². The van der Waals surface area contributed by atoms with E-state index in [0.717, 1.165) is 0 Å². The van der Waals surface area contributed by atoms with Crippen molar-refractivity contribution in [1.29, 1.82) is 0 Å². The van der Waals surface area contributed by atoms with Gasteiger partial charge in [-0.05, 0) is 14.1 Å². The van der Waals surface area contributed by atoms with Gasteiger partial charge in [0.2, 0.25) is 0 Å². The van der Waals surface area contributed by atoms with Crippen molar-refractivity contribution in [3.8, 4) is 0 Å². The van der Waals surface area contributed by atoms with Gasteiger partial charge < -0.3 is 10.0 Å². The molecule has 0 aliphatic rings. The normalized spacial score (nSPS) is 15.4. The lowest BCUT2D eigenvalue weighted by Crippen LogP contribution is -2.31. The van der Waals surface area contributed by atoms with Crippen molar-refractivity contribution in [3.63, 3.8) is 0 Å². The summed E-state index contributed by atoms with van der Waals surface area (Å²) >= 11 is 0. The summed E-state index contributed by atoms with van der Waals surface area (Å²) in [6.07, 6.45) is -1.03. The maximum absolute atomic E-state index is 10.2. The lowest BCUT2D eigenvalue weighted by Gasteiger charge is -2.13. The van der Waals surface area contributed by atoms with Gasteiger partial charge in [0, 0.05) is 6.54 Å². The first kappa shape index (κ1) is 10.8. The summed E-state index contributed by atoms with van der Waals surface area (Å²) < 4.78 is 28.7. The van der Waals surface area contributed by atoms with Gasteiger partial charge in [-0.3, -0.25) is 4.55 Å². The summed E-state index contributed by atoms with van der Waals surface area (Å²) in [6.45, 7) is 0.222. The van der Waals surface area contributed by atoms with Crippen LogP contribution < -0.4 is 0 Å². The maximum atomic E-state index is 10.2. The van der Waals surface area contributed by atoms with Gasteiger partial charge in [-0.25, -0.2) is 0 Å². The predicted molar refractivity (Wildman–Crippen MR) is 41.0 cm³/mol. The SMILES string of the molecule is CN(C)CC(O)CS(=O)(=O)O. The number of hydrogen-bond donors (Lipinski definition) is 2. The maximum Gasteiger partial charge on any atom is 0.267 e. The minimum atomic E-state index is -4.05. The third-order valence-electron chi connectivity index (χ3n) is 0.979. The zero-order valence-electron chi connectivity index (χ0n) is 6.56. The average molecular weight is 183 g/mol. The fourth-order valence-corrected chi connectivity index (χ4v) is 1.31. The lowest BCUT2D eigenvalue weighted by molar-refractivity contribution is 0.154. The third-order valence-corrected chi connectivity index (χ3v) is 1.78. The summed E-state index contributed by atoms with van der Waals surface area (Å²) in [5, 5.41) is 8.97. The average Bonchev–Trinajstić information content (AvgIpc) is 1.53. The molecule has 0 saturated carbocycles. The van der Waals surface area contributed by atoms with Crippen LogP contribution in [0.15, 0.2) is 0 Å². The Morgan fingerprint density at radius 2 is 1.91 bits per heavy atom. The van der Waals surface area contributed by atoms with Gasteiger partial charge in [-0.15, -0.1) is 0 Å². The van der Waals surface area contributed by atoms with Crippen LogP contribution in [0.2, 0.25) is 0 Å². The Balaban J connectivity index is 3.80. The van der Waals surface area contributed by atoms with Crippen LogP contribution in [0.5, 0.6) is 0 Å². The van der Waals surface area contributed by atoms with Crippen molar-refractivity contribution >= 4 is 10.1 Å². The lowest BCUT2D eigenvalue weighted by atomic mass is 10.4. The monoisotopic (exact) mass is 183 g/mol. The van der Waals surface area contributed by atoms with Crippen LogP contribution in [0.1, 0.15) is 0 Å². The van der Waals surface area contributed by atoms with E-state index in [4.69, 9.17) is 9.66 Å². The van der Waals surface area contributed by atoms with E-state index >= 15 is 0 Å². The molecular formula is C5H13NO4S. The van der Waals surface area contributed by atoms with Crippen LogP contribution in [-0.2, 0) is 10.1 Å². The highest BCUT2D eigenvalue weighted by atomic mass is 32.2. The van der Waals surface area contributed by atoms with E-state index in [1.165, 1.54) is 0 Å². The molecule has 0 rings (SSSR count). The molecule has 0 aliphatic carbocycles. The molecule has 11 heavy (non-hydrogen) atoms. The molecule has 0 spiro atoms. The molecule has 0 amide bonds. The number of likely N-dealkylation sites (N-methyl/N-ethyl adjacent to an activating group) is 1. The van der Waals surface area contributed by atoms with Crippen LogP contribution in [0.25, 0.3) is 0 Å². The van der Waals surface area contributed by atoms with Crippen molar-refractivity contribution in [2.75, 3.05) is 26.4 Å². The molecule has 0 fully saturated rings. The van der Waals surface area contributed by atoms with Gasteiger partial charge in [0.1, 0.15) is 5.75 Å². The first-order chi connectivity index (χ1) is 4.81. The Kier molecular flexibility index (Phi) is 3.95. The van der Waals surface area contributed by atoms with Crippen molar-refractivity contribution in [1.82, 2.24) is 4.90 Å². The number of hydrogen-bond acceptors (Lipinski definition) is 4. The van der Waals surface area contributed by atoms with E-state index in [-0.39, 0.29) is 6.54 Å². The first-order valence-electron chi connectivity index (χ1n) is 3.09. The van der Waals surface area contributed by atoms with E-state index < -0.39 is 22.0 Å². The van der Waals surface area contributed by atoms with E-state index in [0.29, 0.717) is 0 Å². The van der Waals surface area contributed by atoms with Gasteiger partial charge in [0.05, 0.1) is 6.10 Å². The molecule has 0 heterocycles. The first-order valence-corrected chi connectivity index (χ1v) is 4.70. The molecule has 0 aromatic carbocycles. The van der Waals surface area contributed by atoms with Gasteiger partial charge in [-0.2, -0.15) is 8.42 Å². The second-order valence-electron chi connectivity index (χ2n) is 2.66. The largest absolute Gasteiger partial charge is 0.391 e. The Bertz CT molecular complexity index is 199. The molecule has 5 nitrogen and oxygen atoms in total. The minimum Gasteiger partial charge on any atom is -0.391 e. The Morgan fingerprint density at radius 3 is 2.18 bits per heavy atom. The van der Waals surface area contributed by atoms with Crippen LogP contribution in [0.4, 0.5) is 0 Å². The molecule has 2 N–H and O–H groups in total. The van der Waals surface area contributed by atoms with Gasteiger partial charge >= 0.3 is 0 Å². The topological polar surface area (TPSA) is 77.8 Å². The molecular weight excluding hydrogens is 170 g/mol. The molecule has 0 aromatic rings. The standard InChI is InChI=1S/C5H13NO4S/c1-6(2)3-5(7)4-11(8,9)10/h5,7H,3-4H2,1-2H3,(H,8,9,10). The zero-order valence-corrected chi connectivity index (χ0v) is 7.37. The van der Waals surface area contributed by atoms with E-state index in [2.05, 4.69) is 0 Å². The van der Waals surface area contributed by atoms with Crippen molar-refractivity contribution < 1.29 is 18.1 Å². The van der Waals surface area contributed by atoms with Crippen molar-refractivity contribution in [2.24, 2.45) is 0 Å². The Hall–Kier alpha value is -0.170. The molecule has 68 valence electrons. The fraction of sp³-hybridized carbons (Fsp3) is 1.00. The smallest absolute Gasteiger partial charge is 0.267 e. The van der Waals surface area contributed by atoms with Gasteiger partial charge in [0.15, 0.2) is 0 Å². The fourth-order valence-electron chi connectivity index (χ4n) is 0.717. The number of aliphatic hydroxyl groups excluding tert-OH is 1. The highest BCUT2D eigenvalue weighted by Crippen LogP contribution is 1.91. The highest BCUT2D eigenvalue weighted by Gasteiger charge is 2.14. The predicted octanol–water partition coefficient (Wildman–Crippen LogP) is -1.20. The molecule has 0 aliphatic heterocycles. The molecule has 6 heteroatoms. The second kappa shape index (κ2) is 4.01. The number of aliphatic hydroxyl groups is 1. The minimum absolute atomic E-state index is 0.222. The molecule has 0 bridgehead atoms. The van der Waals surface area contributed by atoms with E-state index in [1.807, 2.05) is 0 Å². The zero-order chi connectivity index (χ0) is 9.07. The van der Waals surface area contributed by atoms with Gasteiger partial charge in [-0.1, -0.05) is 0 Å². The Labute approximate surface area is 66.4 Å². The summed E-state index contributed by atoms with van der Waals surface area (Å²) in [7, 11) is -0.642. The van der Waals surface area contributed by atoms with Crippen LogP contribution in [-0.4, -0.2) is 55.5 Å². The van der Waals surface area contributed by atoms with E-state index in [9.17, 15) is 8.42 Å². The molecule has 1 atom stereocenters. The summed E-state index contributed by atoms with van der Waals surface area (Å²) in [5.74, 6) is -0.606. The number of rotatable bonds is 4. The quantitative estimate of drug-likeness (QED) is 0.535. The second-order valence-corrected chi connectivity index (χ2v) is 4.16. The Morgan fingerprint density at radius 1 is 1.45 bits per heavy atom. The molecule has 0 aromatic heterocycles. The molecule has 0 radical (unpaired) electrons. The van der Waals surface area contributed by atoms with Crippen LogP contribution in [0, 0.1) is 0 Å². The van der Waals surface area contributed by atoms with Crippen molar-refractivity contribution in [2.45, 2.75) is 6.10 Å². The third kappa shape index (κ3) is 7.73. The highest BCUT2D eigenvalue weighted by molar-refractivity contribution is 7.85. The van der Waals surface area contributed by atoms with Crippen LogP contribution >= 0.6 is 0 Å². The van der Waals surface area contributed by atoms with Gasteiger partial charge in [0.25, 0.3) is 10.1 Å². The molecule has 0 saturated heterocycles.